The summed E-state index contributed by atoms with van der Waals surface area (Å²) in [6.07, 6.45) is 1.11. The van der Waals surface area contributed by atoms with E-state index in [1.54, 1.807) is 6.07 Å². The number of piperidine rings is 1. The Bertz CT molecular complexity index is 424. The molecule has 2 nitrogen and oxygen atoms in total. The zero-order valence-electron chi connectivity index (χ0n) is 11.1. The van der Waals surface area contributed by atoms with Crippen molar-refractivity contribution in [3.8, 4) is 0 Å². The van der Waals surface area contributed by atoms with Crippen LogP contribution in [-0.2, 0) is 0 Å². The van der Waals surface area contributed by atoms with Gasteiger partial charge in [0.1, 0.15) is 5.82 Å². The molecular weight excluding hydrogens is 295 g/mol. The second-order valence-corrected chi connectivity index (χ2v) is 6.23. The number of likely N-dealkylation sites (tertiary alicyclic amines) is 1. The molecule has 3 atom stereocenters. The van der Waals surface area contributed by atoms with E-state index >= 15 is 0 Å². The maximum absolute atomic E-state index is 13.1. The monoisotopic (exact) mass is 314 g/mol. The second kappa shape index (κ2) is 5.57. The van der Waals surface area contributed by atoms with E-state index in [1.165, 1.54) is 12.1 Å². The topological polar surface area (TPSA) is 15.3 Å². The van der Waals surface area contributed by atoms with Gasteiger partial charge in [-0.2, -0.15) is 0 Å². The molecule has 2 rings (SSSR count). The van der Waals surface area contributed by atoms with Crippen molar-refractivity contribution in [1.82, 2.24) is 4.90 Å². The highest BCUT2D eigenvalue weighted by Crippen LogP contribution is 2.28. The van der Waals surface area contributed by atoms with Crippen LogP contribution in [0.25, 0.3) is 0 Å². The molecule has 3 unspecified atom stereocenters. The van der Waals surface area contributed by atoms with E-state index in [1.807, 2.05) is 0 Å². The van der Waals surface area contributed by atoms with Crippen molar-refractivity contribution < 1.29 is 4.39 Å². The fraction of sp³-hybridized carbons (Fsp3) is 0.571. The van der Waals surface area contributed by atoms with Gasteiger partial charge in [0, 0.05) is 28.8 Å². The highest BCUT2D eigenvalue weighted by molar-refractivity contribution is 9.10. The Hall–Kier alpha value is -0.610. The lowest BCUT2D eigenvalue weighted by Crippen LogP contribution is -2.48. The molecule has 1 heterocycles. The molecule has 1 aromatic carbocycles. The average Bonchev–Trinajstić information content (AvgIpc) is 2.29. The summed E-state index contributed by atoms with van der Waals surface area (Å²) in [7, 11) is 2.17. The van der Waals surface area contributed by atoms with Crippen molar-refractivity contribution in [2.24, 2.45) is 5.92 Å². The molecule has 0 saturated carbocycles. The number of anilines is 1. The molecule has 0 aromatic heterocycles. The highest BCUT2D eigenvalue weighted by atomic mass is 79.9. The molecule has 1 aliphatic rings. The maximum Gasteiger partial charge on any atom is 0.124 e. The van der Waals surface area contributed by atoms with Crippen LogP contribution in [0.1, 0.15) is 20.3 Å². The van der Waals surface area contributed by atoms with Gasteiger partial charge in [-0.15, -0.1) is 0 Å². The van der Waals surface area contributed by atoms with Crippen LogP contribution in [0.3, 0.4) is 0 Å². The molecule has 4 heteroatoms. The van der Waals surface area contributed by atoms with E-state index in [9.17, 15) is 4.39 Å². The standard InChI is InChI=1S/C14H20BrFN2/c1-9-8-18(3)10(2)6-14(9)17-13-5-4-11(16)7-12(13)15/h4-5,7,9-10,14,17H,6,8H2,1-3H3. The van der Waals surface area contributed by atoms with Crippen molar-refractivity contribution in [2.75, 3.05) is 18.9 Å². The maximum atomic E-state index is 13.1. The third-order valence-corrected chi connectivity index (χ3v) is 4.54. The summed E-state index contributed by atoms with van der Waals surface area (Å²) >= 11 is 3.41. The van der Waals surface area contributed by atoms with E-state index in [-0.39, 0.29) is 5.82 Å². The SMILES string of the molecule is CC1CN(C)C(C)CC1Nc1ccc(F)cc1Br. The molecular formula is C14H20BrFN2. The van der Waals surface area contributed by atoms with Crippen LogP contribution in [0.5, 0.6) is 0 Å². The molecule has 1 saturated heterocycles. The quantitative estimate of drug-likeness (QED) is 0.894. The van der Waals surface area contributed by atoms with Gasteiger partial charge in [-0.25, -0.2) is 4.39 Å². The molecule has 100 valence electrons. The lowest BCUT2D eigenvalue weighted by molar-refractivity contribution is 0.145. The number of rotatable bonds is 2. The lowest BCUT2D eigenvalue weighted by Gasteiger charge is -2.40. The van der Waals surface area contributed by atoms with Gasteiger partial charge in [-0.3, -0.25) is 0 Å². The summed E-state index contributed by atoms with van der Waals surface area (Å²) in [5.41, 5.74) is 0.977. The van der Waals surface area contributed by atoms with Gasteiger partial charge < -0.3 is 10.2 Å². The molecule has 1 aliphatic heterocycles. The summed E-state index contributed by atoms with van der Waals surface area (Å²) < 4.78 is 13.8. The predicted octanol–water partition coefficient (Wildman–Crippen LogP) is 3.73. The Morgan fingerprint density at radius 1 is 1.39 bits per heavy atom. The first-order chi connectivity index (χ1) is 8.47. The first-order valence-corrected chi connectivity index (χ1v) is 7.18. The summed E-state index contributed by atoms with van der Waals surface area (Å²) in [6, 6.07) is 5.83. The number of hydrogen-bond acceptors (Lipinski definition) is 2. The van der Waals surface area contributed by atoms with Crippen molar-refractivity contribution in [2.45, 2.75) is 32.4 Å². The van der Waals surface area contributed by atoms with Crippen LogP contribution in [-0.4, -0.2) is 30.6 Å². The number of nitrogens with one attached hydrogen (secondary N) is 1. The predicted molar refractivity (Wildman–Crippen MR) is 77.4 cm³/mol. The van der Waals surface area contributed by atoms with Gasteiger partial charge in [0.25, 0.3) is 0 Å². The van der Waals surface area contributed by atoms with Gasteiger partial charge in [0.2, 0.25) is 0 Å². The lowest BCUT2D eigenvalue weighted by atomic mass is 9.89. The van der Waals surface area contributed by atoms with E-state index in [4.69, 9.17) is 0 Å². The van der Waals surface area contributed by atoms with Crippen LogP contribution in [0.4, 0.5) is 10.1 Å². The van der Waals surface area contributed by atoms with Crippen LogP contribution in [0.2, 0.25) is 0 Å². The second-order valence-electron chi connectivity index (χ2n) is 5.38. The Balaban J connectivity index is 2.08. The Labute approximate surface area is 117 Å². The van der Waals surface area contributed by atoms with Crippen molar-refractivity contribution >= 4 is 21.6 Å². The largest absolute Gasteiger partial charge is 0.381 e. The number of benzene rings is 1. The third kappa shape index (κ3) is 3.04. The fourth-order valence-corrected chi connectivity index (χ4v) is 3.01. The summed E-state index contributed by atoms with van der Waals surface area (Å²) in [5, 5.41) is 3.54. The van der Waals surface area contributed by atoms with Gasteiger partial charge in [0.15, 0.2) is 0 Å². The number of nitrogens with zero attached hydrogens (tertiary/aromatic N) is 1. The van der Waals surface area contributed by atoms with Crippen molar-refractivity contribution in [3.05, 3.63) is 28.5 Å². The van der Waals surface area contributed by atoms with Gasteiger partial charge in [-0.05, 0) is 60.4 Å². The van der Waals surface area contributed by atoms with Crippen LogP contribution in [0.15, 0.2) is 22.7 Å². The van der Waals surface area contributed by atoms with E-state index in [0.29, 0.717) is 18.0 Å². The number of halogens is 2. The van der Waals surface area contributed by atoms with E-state index in [2.05, 4.69) is 47.0 Å². The van der Waals surface area contributed by atoms with Gasteiger partial charge in [0.05, 0.1) is 0 Å². The minimum atomic E-state index is -0.211. The number of hydrogen-bond donors (Lipinski definition) is 1. The molecule has 18 heavy (non-hydrogen) atoms. The Kier molecular flexibility index (Phi) is 4.28. The smallest absolute Gasteiger partial charge is 0.124 e. The Morgan fingerprint density at radius 3 is 2.78 bits per heavy atom. The average molecular weight is 315 g/mol. The molecule has 1 aromatic rings. The third-order valence-electron chi connectivity index (χ3n) is 3.88. The molecule has 0 radical (unpaired) electrons. The minimum Gasteiger partial charge on any atom is -0.381 e. The first kappa shape index (κ1) is 13.8. The molecule has 0 amide bonds. The molecule has 0 spiro atoms. The van der Waals surface area contributed by atoms with Crippen LogP contribution >= 0.6 is 15.9 Å². The molecule has 0 aliphatic carbocycles. The van der Waals surface area contributed by atoms with Crippen molar-refractivity contribution in [1.29, 1.82) is 0 Å². The summed E-state index contributed by atoms with van der Waals surface area (Å²) in [4.78, 5) is 2.39. The van der Waals surface area contributed by atoms with Crippen molar-refractivity contribution in [3.63, 3.8) is 0 Å². The molecule has 1 fully saturated rings. The van der Waals surface area contributed by atoms with Gasteiger partial charge >= 0.3 is 0 Å². The minimum absolute atomic E-state index is 0.211. The first-order valence-electron chi connectivity index (χ1n) is 6.39. The molecule has 1 N–H and O–H groups in total. The van der Waals surface area contributed by atoms with Crippen LogP contribution < -0.4 is 5.32 Å². The van der Waals surface area contributed by atoms with E-state index in [0.717, 1.165) is 23.1 Å². The Morgan fingerprint density at radius 2 is 2.11 bits per heavy atom. The highest BCUT2D eigenvalue weighted by Gasteiger charge is 2.28. The van der Waals surface area contributed by atoms with Crippen LogP contribution in [0, 0.1) is 11.7 Å². The van der Waals surface area contributed by atoms with E-state index < -0.39 is 0 Å². The summed E-state index contributed by atoms with van der Waals surface area (Å²) in [5.74, 6) is 0.375. The fourth-order valence-electron chi connectivity index (χ4n) is 2.55. The van der Waals surface area contributed by atoms with Gasteiger partial charge in [-0.1, -0.05) is 6.92 Å². The zero-order chi connectivity index (χ0) is 13.3. The summed E-state index contributed by atoms with van der Waals surface area (Å²) in [6.45, 7) is 5.61. The molecule has 0 bridgehead atoms. The normalized spacial score (nSPS) is 29.3. The zero-order valence-corrected chi connectivity index (χ0v) is 12.7.